The number of ether oxygens (including phenoxy) is 1. The standard InChI is InChI=1S/C6H10O7S/c7-3-2(1-14(11)12)13-6(10)5(9)4(3)8/h1-10H/t2-,3-,4+,5-,6?/m1/s1. The van der Waals surface area contributed by atoms with Gasteiger partial charge in [0, 0.05) is 0 Å². The van der Waals surface area contributed by atoms with Crippen LogP contribution < -0.4 is 0 Å². The van der Waals surface area contributed by atoms with Crippen LogP contribution in [0.15, 0.2) is 0 Å². The second-order valence-electron chi connectivity index (χ2n) is 2.86. The highest BCUT2D eigenvalue weighted by Crippen LogP contribution is 2.18. The number of hydrogen-bond acceptors (Lipinski definition) is 7. The van der Waals surface area contributed by atoms with Gasteiger partial charge in [0.1, 0.15) is 24.4 Å². The van der Waals surface area contributed by atoms with E-state index >= 15 is 0 Å². The van der Waals surface area contributed by atoms with Crippen LogP contribution in [0.3, 0.4) is 0 Å². The summed E-state index contributed by atoms with van der Waals surface area (Å²) in [6.45, 7) is 0. The van der Waals surface area contributed by atoms with Gasteiger partial charge in [0.25, 0.3) is 0 Å². The lowest BCUT2D eigenvalue weighted by atomic mass is 10.0. The summed E-state index contributed by atoms with van der Waals surface area (Å²) in [7, 11) is -2.59. The fraction of sp³-hybridized carbons (Fsp3) is 0.833. The maximum absolute atomic E-state index is 10.2. The van der Waals surface area contributed by atoms with Crippen molar-refractivity contribution in [3.05, 3.63) is 0 Å². The summed E-state index contributed by atoms with van der Waals surface area (Å²) < 4.78 is 25.0. The van der Waals surface area contributed by atoms with Gasteiger partial charge in [-0.1, -0.05) is 0 Å². The van der Waals surface area contributed by atoms with Gasteiger partial charge in [-0.25, -0.2) is 0 Å². The zero-order valence-corrected chi connectivity index (χ0v) is 7.70. The van der Waals surface area contributed by atoms with Crippen LogP contribution in [0.1, 0.15) is 0 Å². The highest BCUT2D eigenvalue weighted by atomic mass is 32.2. The topological polar surface area (TPSA) is 124 Å². The third kappa shape index (κ3) is 2.29. The Morgan fingerprint density at radius 3 is 2.07 bits per heavy atom. The smallest absolute Gasteiger partial charge is 0.212 e. The van der Waals surface area contributed by atoms with Crippen molar-refractivity contribution in [2.24, 2.45) is 0 Å². The maximum Gasteiger partial charge on any atom is 0.212 e. The summed E-state index contributed by atoms with van der Waals surface area (Å²) >= 11 is 0. The van der Waals surface area contributed by atoms with Crippen molar-refractivity contribution in [1.29, 1.82) is 0 Å². The van der Waals surface area contributed by atoms with Crippen molar-refractivity contribution < 1.29 is 33.6 Å². The van der Waals surface area contributed by atoms with Crippen LogP contribution in [0, 0.1) is 0 Å². The van der Waals surface area contributed by atoms with E-state index in [1.54, 1.807) is 0 Å². The van der Waals surface area contributed by atoms with E-state index in [-0.39, 0.29) is 0 Å². The summed E-state index contributed by atoms with van der Waals surface area (Å²) in [5, 5.41) is 36.9. The highest BCUT2D eigenvalue weighted by Gasteiger charge is 2.42. The summed E-state index contributed by atoms with van der Waals surface area (Å²) in [5.41, 5.74) is 0. The third-order valence-corrected chi connectivity index (χ3v) is 2.36. The molecule has 0 aromatic rings. The molecule has 4 N–H and O–H groups in total. The summed E-state index contributed by atoms with van der Waals surface area (Å²) in [5.74, 6) is 0. The number of hydrogen-bond donors (Lipinski definition) is 4. The van der Waals surface area contributed by atoms with Crippen molar-refractivity contribution in [2.75, 3.05) is 0 Å². The molecule has 0 aliphatic carbocycles. The maximum atomic E-state index is 10.2. The van der Waals surface area contributed by atoms with Crippen molar-refractivity contribution in [2.45, 2.75) is 30.7 Å². The SMILES string of the molecule is O=S(=O)=C[C@H]1OC(O)[C@H](O)[C@@H](O)[C@@H]1O. The Morgan fingerprint density at radius 2 is 1.57 bits per heavy atom. The molecule has 1 aliphatic rings. The van der Waals surface area contributed by atoms with Gasteiger partial charge in [-0.15, -0.1) is 0 Å². The van der Waals surface area contributed by atoms with Crippen LogP contribution in [0.25, 0.3) is 0 Å². The van der Waals surface area contributed by atoms with E-state index in [1.807, 2.05) is 0 Å². The van der Waals surface area contributed by atoms with Gasteiger partial charge in [0.15, 0.2) is 6.29 Å². The Labute approximate surface area is 80.7 Å². The molecular formula is C6H10O7S. The molecule has 5 atom stereocenters. The summed E-state index contributed by atoms with van der Waals surface area (Å²) in [4.78, 5) is 0. The average Bonchev–Trinajstić information content (AvgIpc) is 2.10. The summed E-state index contributed by atoms with van der Waals surface area (Å²) in [6, 6.07) is 0. The predicted octanol–water partition coefficient (Wildman–Crippen LogP) is -3.53. The van der Waals surface area contributed by atoms with Crippen molar-refractivity contribution in [3.8, 4) is 0 Å². The first-order chi connectivity index (χ1) is 6.43. The van der Waals surface area contributed by atoms with Crippen molar-refractivity contribution >= 4 is 15.7 Å². The van der Waals surface area contributed by atoms with Crippen LogP contribution in [-0.2, 0) is 15.0 Å². The lowest BCUT2D eigenvalue weighted by Gasteiger charge is -2.36. The largest absolute Gasteiger partial charge is 0.387 e. The summed E-state index contributed by atoms with van der Waals surface area (Å²) in [6.07, 6.45) is -7.98. The van der Waals surface area contributed by atoms with Gasteiger partial charge in [-0.05, 0) is 0 Å². The molecule has 1 rings (SSSR count). The fourth-order valence-electron chi connectivity index (χ4n) is 1.11. The molecule has 1 unspecified atom stereocenters. The molecule has 0 amide bonds. The Balaban J connectivity index is 2.85. The minimum absolute atomic E-state index is 0.586. The van der Waals surface area contributed by atoms with Crippen LogP contribution in [-0.4, -0.2) is 64.9 Å². The Morgan fingerprint density at radius 1 is 1.00 bits per heavy atom. The van der Waals surface area contributed by atoms with E-state index in [0.717, 1.165) is 0 Å². The van der Waals surface area contributed by atoms with Crippen LogP contribution in [0.2, 0.25) is 0 Å². The van der Waals surface area contributed by atoms with Gasteiger partial charge < -0.3 is 25.2 Å². The Bertz CT molecular complexity index is 315. The number of aliphatic hydroxyl groups excluding tert-OH is 4. The molecule has 0 aromatic heterocycles. The lowest BCUT2D eigenvalue weighted by molar-refractivity contribution is -0.265. The molecule has 1 saturated heterocycles. The molecule has 1 aliphatic heterocycles. The van der Waals surface area contributed by atoms with Crippen LogP contribution >= 0.6 is 0 Å². The van der Waals surface area contributed by atoms with Gasteiger partial charge in [0.05, 0.1) is 5.37 Å². The fourth-order valence-corrected chi connectivity index (χ4v) is 1.55. The molecule has 7 nitrogen and oxygen atoms in total. The number of rotatable bonds is 1. The van der Waals surface area contributed by atoms with E-state index in [4.69, 9.17) is 15.3 Å². The van der Waals surface area contributed by atoms with Crippen molar-refractivity contribution in [3.63, 3.8) is 0 Å². The molecule has 82 valence electrons. The van der Waals surface area contributed by atoms with Crippen LogP contribution in [0.4, 0.5) is 0 Å². The molecule has 14 heavy (non-hydrogen) atoms. The number of aliphatic hydroxyl groups is 4. The molecular weight excluding hydrogens is 216 g/mol. The van der Waals surface area contributed by atoms with Gasteiger partial charge in [-0.2, -0.15) is 8.42 Å². The Kier molecular flexibility index (Phi) is 3.59. The van der Waals surface area contributed by atoms with E-state index in [1.165, 1.54) is 0 Å². The van der Waals surface area contributed by atoms with Gasteiger partial charge in [0.2, 0.25) is 10.3 Å². The molecule has 1 heterocycles. The van der Waals surface area contributed by atoms with E-state index < -0.39 is 41.0 Å². The first-order valence-electron chi connectivity index (χ1n) is 3.74. The lowest BCUT2D eigenvalue weighted by Crippen LogP contribution is -2.57. The van der Waals surface area contributed by atoms with Crippen LogP contribution in [0.5, 0.6) is 0 Å². The average molecular weight is 226 g/mol. The van der Waals surface area contributed by atoms with Gasteiger partial charge >= 0.3 is 0 Å². The highest BCUT2D eigenvalue weighted by molar-refractivity contribution is 7.71. The van der Waals surface area contributed by atoms with Crippen molar-refractivity contribution in [1.82, 2.24) is 0 Å². The minimum Gasteiger partial charge on any atom is -0.387 e. The monoisotopic (exact) mass is 226 g/mol. The second-order valence-corrected chi connectivity index (χ2v) is 3.65. The minimum atomic E-state index is -2.59. The molecule has 0 bridgehead atoms. The molecule has 0 radical (unpaired) electrons. The van der Waals surface area contributed by atoms with E-state index in [9.17, 15) is 13.5 Å². The molecule has 8 heteroatoms. The first kappa shape index (κ1) is 11.6. The second kappa shape index (κ2) is 4.34. The molecule has 0 saturated carbocycles. The predicted molar refractivity (Wildman–Crippen MR) is 43.9 cm³/mol. The third-order valence-electron chi connectivity index (χ3n) is 1.87. The zero-order chi connectivity index (χ0) is 10.9. The van der Waals surface area contributed by atoms with Gasteiger partial charge in [-0.3, -0.25) is 0 Å². The zero-order valence-electron chi connectivity index (χ0n) is 6.89. The van der Waals surface area contributed by atoms with E-state index in [0.29, 0.717) is 5.37 Å². The molecule has 0 spiro atoms. The van der Waals surface area contributed by atoms with E-state index in [2.05, 4.69) is 4.74 Å². The Hall–Kier alpha value is -0.510. The quantitative estimate of drug-likeness (QED) is 0.341. The first-order valence-corrected chi connectivity index (χ1v) is 4.88. The normalized spacial score (nSPS) is 43.3. The molecule has 0 aromatic carbocycles. The molecule has 1 fully saturated rings.